The molecule has 0 aliphatic carbocycles. The number of aliphatic carboxylic acids is 1. The summed E-state index contributed by atoms with van der Waals surface area (Å²) in [7, 11) is 0. The minimum absolute atomic E-state index is 0.0582. The van der Waals surface area contributed by atoms with Crippen molar-refractivity contribution in [2.45, 2.75) is 223 Å². The molecule has 11 amide bonds. The number of carboxylic acids is 1. The van der Waals surface area contributed by atoms with E-state index in [2.05, 4.69) is 5.32 Å². The van der Waals surface area contributed by atoms with E-state index in [9.17, 15) is 124 Å². The lowest BCUT2D eigenvalue weighted by Crippen LogP contribution is -2.59. The molecule has 24 atom stereocenters. The zero-order valence-electron chi connectivity index (χ0n) is 53.0. The van der Waals surface area contributed by atoms with Crippen LogP contribution in [0.25, 0.3) is 0 Å². The number of nitrogens with zero attached hydrogens (tertiary/aromatic N) is 11. The molecule has 0 unspecified atom stereocenters. The molecule has 0 bridgehead atoms. The molecule has 0 aromatic rings. The van der Waals surface area contributed by atoms with Gasteiger partial charge in [-0.15, -0.1) is 0 Å². The van der Waals surface area contributed by atoms with E-state index >= 15 is 0 Å². The topological polar surface area (TPSA) is 516 Å². The molecule has 12 saturated heterocycles. The van der Waals surface area contributed by atoms with Crippen molar-refractivity contribution in [3.05, 3.63) is 0 Å². The fraction of sp³-hybridized carbons (Fsp3) is 0.800. The highest BCUT2D eigenvalue weighted by atomic mass is 16.4. The molecule has 97 heavy (non-hydrogen) atoms. The third kappa shape index (κ3) is 13.2. The number of carboxylic acid groups (broad SMARTS) is 1. The average molecular weight is 1380 g/mol. The Labute approximate surface area is 553 Å². The number of likely N-dealkylation sites (tertiary alicyclic amines) is 11. The Hall–Kier alpha value is -6.88. The Balaban J connectivity index is 0.714. The van der Waals surface area contributed by atoms with Crippen molar-refractivity contribution in [1.29, 1.82) is 0 Å². The van der Waals surface area contributed by atoms with Gasteiger partial charge >= 0.3 is 5.97 Å². The minimum Gasteiger partial charge on any atom is -0.480 e. The molecule has 0 spiro atoms. The standard InChI is InChI=1S/C60H86N12O25/c73-25-1-37(61-13-25)49(85)62-14-26(74)2-38(62)50(86)63-15-27(75)3-39(63)51(87)64-16-28(76)4-40(64)52(88)65-17-29(77)5-41(65)53(89)66-18-30(78)6-42(66)54(90)67-19-31(79)7-43(67)55(91)68-20-32(80)8-44(68)56(92)69-21-33(81)9-45(69)57(93)70-22-34(82)10-46(70)58(94)71-23-35(83)11-47(71)59(95)72-24-36(84)12-48(72)60(96)97/h25-48,61,73-84H,1-24H2,(H,96,97)/t25-,26-,27-,28-,29-,30-,31-,32-,33-,34-,35-,36-,37+,38+,39+,40+,41+,42+,43+,44+,45+,46+,47+,48+/m1/s1. The van der Waals surface area contributed by atoms with Crippen LogP contribution in [0.1, 0.15) is 77.0 Å². The molecule has 536 valence electrons. The first kappa shape index (κ1) is 70.0. The Morgan fingerprint density at radius 2 is 0.351 bits per heavy atom. The van der Waals surface area contributed by atoms with Gasteiger partial charge in [-0.2, -0.15) is 0 Å². The Morgan fingerprint density at radius 3 is 0.495 bits per heavy atom. The lowest BCUT2D eigenvalue weighted by molar-refractivity contribution is -0.156. The van der Waals surface area contributed by atoms with Gasteiger partial charge < -0.3 is 126 Å². The smallest absolute Gasteiger partial charge is 0.326 e. The number of rotatable bonds is 12. The van der Waals surface area contributed by atoms with E-state index in [4.69, 9.17) is 0 Å². The van der Waals surface area contributed by atoms with Gasteiger partial charge in [0, 0.05) is 149 Å². The second-order valence-corrected chi connectivity index (χ2v) is 28.5. The number of aliphatic hydroxyl groups excluding tert-OH is 12. The van der Waals surface area contributed by atoms with E-state index in [-0.39, 0.29) is 71.1 Å². The van der Waals surface area contributed by atoms with Gasteiger partial charge in [-0.25, -0.2) is 4.79 Å². The van der Waals surface area contributed by atoms with Crippen molar-refractivity contribution in [3.63, 3.8) is 0 Å². The number of aliphatic hydroxyl groups is 12. The molecule has 12 aliphatic heterocycles. The van der Waals surface area contributed by atoms with Crippen LogP contribution in [0, 0.1) is 0 Å². The second-order valence-electron chi connectivity index (χ2n) is 28.5. The van der Waals surface area contributed by atoms with Crippen molar-refractivity contribution >= 4 is 70.9 Å². The summed E-state index contributed by atoms with van der Waals surface area (Å²) in [5.41, 5.74) is 0. The quantitative estimate of drug-likeness (QED) is 0.0863. The SMILES string of the molecule is O=C(O)[C@@H]1C[C@@H](O)CN1C(=O)[C@@H]1C[C@@H](O)CN1C(=O)[C@@H]1C[C@@H](O)CN1C(=O)[C@@H]1C[C@@H](O)CN1C(=O)[C@@H]1C[C@@H](O)CN1C(=O)[C@@H]1C[C@@H](O)CN1C(=O)[C@@H]1C[C@@H](O)CN1C(=O)[C@@H]1C[C@@H](O)CN1C(=O)[C@@H]1C[C@@H](O)CN1C(=O)[C@@H]1C[C@@H](O)CN1C(=O)[C@@H]1C[C@@H](O)CN1C(=O)[C@@H]1C[C@@H](O)CN1. The lowest BCUT2D eigenvalue weighted by Gasteiger charge is -2.37. The van der Waals surface area contributed by atoms with Crippen molar-refractivity contribution in [1.82, 2.24) is 59.2 Å². The Kier molecular flexibility index (Phi) is 19.7. The molecule has 0 aromatic carbocycles. The van der Waals surface area contributed by atoms with Crippen molar-refractivity contribution in [2.75, 3.05) is 78.5 Å². The van der Waals surface area contributed by atoms with Gasteiger partial charge in [0.1, 0.15) is 66.5 Å². The summed E-state index contributed by atoms with van der Waals surface area (Å²) >= 11 is 0. The number of hydrogen-bond acceptors (Lipinski definition) is 25. The molecule has 37 nitrogen and oxygen atoms in total. The third-order valence-corrected chi connectivity index (χ3v) is 21.7. The lowest BCUT2D eigenvalue weighted by atomic mass is 10.1. The summed E-state index contributed by atoms with van der Waals surface area (Å²) < 4.78 is 0. The second kappa shape index (κ2) is 27.3. The summed E-state index contributed by atoms with van der Waals surface area (Å²) in [6, 6.07) is -17.2. The van der Waals surface area contributed by atoms with Crippen LogP contribution in [0.2, 0.25) is 0 Å². The van der Waals surface area contributed by atoms with Gasteiger partial charge in [-0.05, 0) is 6.42 Å². The van der Waals surface area contributed by atoms with E-state index in [0.717, 1.165) is 49.0 Å². The van der Waals surface area contributed by atoms with E-state index in [0.29, 0.717) is 0 Å². The van der Waals surface area contributed by atoms with Crippen LogP contribution in [0.3, 0.4) is 0 Å². The van der Waals surface area contributed by atoms with Crippen LogP contribution in [-0.2, 0) is 57.5 Å². The Morgan fingerprint density at radius 1 is 0.206 bits per heavy atom. The molecule has 12 rings (SSSR count). The summed E-state index contributed by atoms with van der Waals surface area (Å²) in [4.78, 5) is 183. The van der Waals surface area contributed by atoms with Gasteiger partial charge in [0.25, 0.3) is 0 Å². The summed E-state index contributed by atoms with van der Waals surface area (Å²) in [5, 5.41) is 143. The zero-order chi connectivity index (χ0) is 69.8. The molecule has 0 aromatic heterocycles. The molecule has 0 saturated carbocycles. The number of hydrogen-bond donors (Lipinski definition) is 14. The number of carbonyl (C=O) groups is 12. The first-order valence-electron chi connectivity index (χ1n) is 33.4. The van der Waals surface area contributed by atoms with Crippen LogP contribution in [-0.4, -0.2) is 416 Å². The first-order valence-corrected chi connectivity index (χ1v) is 33.4. The maximum atomic E-state index is 15.0. The molecule has 0 radical (unpaired) electrons. The number of carbonyl (C=O) groups excluding carboxylic acids is 11. The highest BCUT2D eigenvalue weighted by Gasteiger charge is 2.58. The van der Waals surface area contributed by atoms with Gasteiger partial charge in [0.05, 0.1) is 79.3 Å². The summed E-state index contributed by atoms with van der Waals surface area (Å²) in [6.07, 6.45) is -18.9. The predicted molar refractivity (Wildman–Crippen MR) is 317 cm³/mol. The molecule has 12 fully saturated rings. The van der Waals surface area contributed by atoms with Gasteiger partial charge in [-0.3, -0.25) is 52.7 Å². The largest absolute Gasteiger partial charge is 0.480 e. The number of amides is 11. The average Bonchev–Trinajstić information content (AvgIpc) is 1.64. The van der Waals surface area contributed by atoms with E-state index in [1.165, 1.54) is 4.90 Å². The van der Waals surface area contributed by atoms with Crippen LogP contribution >= 0.6 is 0 Å². The monoisotopic (exact) mass is 1370 g/mol. The molecular weight excluding hydrogens is 1290 g/mol. The minimum atomic E-state index is -1.58. The van der Waals surface area contributed by atoms with Gasteiger partial charge in [0.15, 0.2) is 0 Å². The van der Waals surface area contributed by atoms with Crippen LogP contribution in [0.15, 0.2) is 0 Å². The Bertz CT molecular complexity index is 3170. The van der Waals surface area contributed by atoms with Crippen LogP contribution < -0.4 is 5.32 Å². The van der Waals surface area contributed by atoms with Crippen molar-refractivity contribution in [2.24, 2.45) is 0 Å². The van der Waals surface area contributed by atoms with Gasteiger partial charge in [0.2, 0.25) is 65.0 Å². The number of nitrogens with one attached hydrogen (secondary N) is 1. The van der Waals surface area contributed by atoms with Crippen LogP contribution in [0.4, 0.5) is 0 Å². The third-order valence-electron chi connectivity index (χ3n) is 21.7. The molecule has 37 heteroatoms. The highest BCUT2D eigenvalue weighted by molar-refractivity contribution is 6.01. The molecule has 12 aliphatic rings. The van der Waals surface area contributed by atoms with Crippen molar-refractivity contribution in [3.8, 4) is 0 Å². The maximum absolute atomic E-state index is 15.0. The van der Waals surface area contributed by atoms with Crippen molar-refractivity contribution < 1.29 is 124 Å². The van der Waals surface area contributed by atoms with E-state index in [1.54, 1.807) is 0 Å². The molecule has 14 N–H and O–H groups in total. The normalized spacial score (nSPS) is 39.9. The highest BCUT2D eigenvalue weighted by Crippen LogP contribution is 2.37. The fourth-order valence-electron chi connectivity index (χ4n) is 17.2. The maximum Gasteiger partial charge on any atom is 0.326 e. The van der Waals surface area contributed by atoms with Gasteiger partial charge in [-0.1, -0.05) is 0 Å². The number of β-amino-alcohol motifs (C(OH)–C–C–N with tert-alkyl or cyclic N) is 12. The molecular formula is C60H86N12O25. The van der Waals surface area contributed by atoms with Crippen LogP contribution in [0.5, 0.6) is 0 Å². The first-order chi connectivity index (χ1) is 45.9. The van der Waals surface area contributed by atoms with E-state index in [1.807, 2.05) is 0 Å². The fourth-order valence-corrected chi connectivity index (χ4v) is 17.2. The summed E-state index contributed by atoms with van der Waals surface area (Å²) in [5.74, 6) is -11.0. The van der Waals surface area contributed by atoms with E-state index < -0.39 is 301 Å². The predicted octanol–water partition coefficient (Wildman–Crippen LogP) is -12.6. The zero-order valence-corrected chi connectivity index (χ0v) is 53.0. The summed E-state index contributed by atoms with van der Waals surface area (Å²) in [6.45, 7) is -4.60. The molecule has 12 heterocycles.